The van der Waals surface area contributed by atoms with Gasteiger partial charge in [-0.05, 0) is 42.5 Å². The van der Waals surface area contributed by atoms with Crippen molar-refractivity contribution in [3.63, 3.8) is 0 Å². The highest BCUT2D eigenvalue weighted by molar-refractivity contribution is 9.10. The van der Waals surface area contributed by atoms with Gasteiger partial charge in [0.25, 0.3) is 0 Å². The van der Waals surface area contributed by atoms with Gasteiger partial charge in [0.2, 0.25) is 21.8 Å². The van der Waals surface area contributed by atoms with Crippen LogP contribution in [0.15, 0.2) is 45.8 Å². The van der Waals surface area contributed by atoms with Gasteiger partial charge in [0.15, 0.2) is 0 Å². The van der Waals surface area contributed by atoms with Crippen molar-refractivity contribution in [1.82, 2.24) is 14.1 Å². The molecule has 7 nitrogen and oxygen atoms in total. The normalized spacial score (nSPS) is 31.7. The summed E-state index contributed by atoms with van der Waals surface area (Å²) in [4.78, 5) is 29.5. The number of amides is 2. The van der Waals surface area contributed by atoms with Crippen LogP contribution in [0.3, 0.4) is 0 Å². The molecule has 9 heteroatoms. The molecule has 4 atom stereocenters. The predicted octanol–water partition coefficient (Wildman–Crippen LogP) is 1.56. The van der Waals surface area contributed by atoms with E-state index in [1.54, 1.807) is 24.3 Å². The van der Waals surface area contributed by atoms with Crippen LogP contribution in [-0.4, -0.2) is 73.6 Å². The van der Waals surface area contributed by atoms with Crippen molar-refractivity contribution in [2.24, 2.45) is 23.7 Å². The molecule has 2 saturated heterocycles. The summed E-state index contributed by atoms with van der Waals surface area (Å²) in [7, 11) is -3.51. The van der Waals surface area contributed by atoms with Crippen molar-refractivity contribution in [3.8, 4) is 0 Å². The standard InChI is InChI=1S/C21H24BrN3O4S/c22-16-3-5-17(6-4-16)30(28,29)24-10-7-23(8-11-24)9-12-25-20(26)18-14-1-2-15(13-14)19(18)21(25)27/h1-6,14-15,18-19H,7-13H2/t14-,15-,18-,19-/m0/s1. The summed E-state index contributed by atoms with van der Waals surface area (Å²) >= 11 is 3.32. The Kier molecular flexibility index (Phi) is 5.12. The Balaban J connectivity index is 1.16. The number of allylic oxidation sites excluding steroid dienone is 2. The molecule has 1 saturated carbocycles. The van der Waals surface area contributed by atoms with Gasteiger partial charge in [0, 0.05) is 43.7 Å². The zero-order valence-electron chi connectivity index (χ0n) is 16.5. The third kappa shape index (κ3) is 3.26. The molecular formula is C21H24BrN3O4S. The summed E-state index contributed by atoms with van der Waals surface area (Å²) in [5.41, 5.74) is 0. The van der Waals surface area contributed by atoms with Gasteiger partial charge in [-0.25, -0.2) is 8.42 Å². The molecule has 160 valence electrons. The average Bonchev–Trinajstić information content (AvgIpc) is 3.42. The highest BCUT2D eigenvalue weighted by Crippen LogP contribution is 2.52. The first kappa shape index (κ1) is 20.4. The first-order valence-electron chi connectivity index (χ1n) is 10.4. The Morgan fingerprint density at radius 1 is 0.867 bits per heavy atom. The molecule has 0 unspecified atom stereocenters. The average molecular weight is 494 g/mol. The Hall–Kier alpha value is -1.55. The lowest BCUT2D eigenvalue weighted by atomic mass is 9.85. The minimum atomic E-state index is -3.51. The highest BCUT2D eigenvalue weighted by atomic mass is 79.9. The second-order valence-corrected chi connectivity index (χ2v) is 11.4. The molecule has 0 N–H and O–H groups in total. The Morgan fingerprint density at radius 3 is 2.00 bits per heavy atom. The van der Waals surface area contributed by atoms with Gasteiger partial charge in [-0.2, -0.15) is 4.31 Å². The maximum Gasteiger partial charge on any atom is 0.243 e. The number of likely N-dealkylation sites (tertiary alicyclic amines) is 1. The summed E-state index contributed by atoms with van der Waals surface area (Å²) < 4.78 is 28.0. The Morgan fingerprint density at radius 2 is 1.43 bits per heavy atom. The van der Waals surface area contributed by atoms with Gasteiger partial charge < -0.3 is 0 Å². The molecule has 5 rings (SSSR count). The molecule has 0 radical (unpaired) electrons. The van der Waals surface area contributed by atoms with Gasteiger partial charge in [-0.1, -0.05) is 28.1 Å². The number of halogens is 1. The van der Waals surface area contributed by atoms with E-state index in [0.717, 1.165) is 10.9 Å². The highest BCUT2D eigenvalue weighted by Gasteiger charge is 2.59. The van der Waals surface area contributed by atoms with Crippen LogP contribution in [0.4, 0.5) is 0 Å². The van der Waals surface area contributed by atoms with E-state index in [2.05, 4.69) is 33.0 Å². The number of hydrogen-bond acceptors (Lipinski definition) is 5. The number of nitrogens with zero attached hydrogens (tertiary/aromatic N) is 3. The summed E-state index contributed by atoms with van der Waals surface area (Å²) in [5.74, 6) is 0.125. The SMILES string of the molecule is O=C1[C@@H]2[C@@H](C(=O)N1CCN1CCN(S(=O)(=O)c3ccc(Br)cc3)CC1)[C@H]1C=C[C@H]2C1. The van der Waals surface area contributed by atoms with Crippen LogP contribution in [0.2, 0.25) is 0 Å². The van der Waals surface area contributed by atoms with Crippen LogP contribution in [-0.2, 0) is 19.6 Å². The number of rotatable bonds is 5. The van der Waals surface area contributed by atoms with Gasteiger partial charge >= 0.3 is 0 Å². The maximum absolute atomic E-state index is 12.8. The van der Waals surface area contributed by atoms with E-state index < -0.39 is 10.0 Å². The number of sulfonamides is 1. The van der Waals surface area contributed by atoms with Crippen molar-refractivity contribution in [2.45, 2.75) is 11.3 Å². The van der Waals surface area contributed by atoms with Crippen molar-refractivity contribution in [1.29, 1.82) is 0 Å². The van der Waals surface area contributed by atoms with Crippen molar-refractivity contribution in [2.75, 3.05) is 39.3 Å². The fourth-order valence-corrected chi connectivity index (χ4v) is 7.06. The monoisotopic (exact) mass is 493 g/mol. The van der Waals surface area contributed by atoms with E-state index >= 15 is 0 Å². The van der Waals surface area contributed by atoms with E-state index in [4.69, 9.17) is 0 Å². The first-order valence-corrected chi connectivity index (χ1v) is 12.6. The van der Waals surface area contributed by atoms with E-state index in [0.29, 0.717) is 44.2 Å². The summed E-state index contributed by atoms with van der Waals surface area (Å²) in [6, 6.07) is 6.67. The molecule has 2 aliphatic heterocycles. The molecule has 2 bridgehead atoms. The summed E-state index contributed by atoms with van der Waals surface area (Å²) in [6.07, 6.45) is 5.15. The van der Waals surface area contributed by atoms with Crippen LogP contribution >= 0.6 is 15.9 Å². The predicted molar refractivity (Wildman–Crippen MR) is 114 cm³/mol. The molecular weight excluding hydrogens is 470 g/mol. The van der Waals surface area contributed by atoms with E-state index in [1.807, 2.05) is 0 Å². The van der Waals surface area contributed by atoms with Crippen molar-refractivity contribution >= 4 is 37.8 Å². The summed E-state index contributed by atoms with van der Waals surface area (Å²) in [5, 5.41) is 0. The summed E-state index contributed by atoms with van der Waals surface area (Å²) in [6.45, 7) is 2.96. The second kappa shape index (κ2) is 7.55. The molecule has 2 heterocycles. The van der Waals surface area contributed by atoms with Gasteiger partial charge in [0.05, 0.1) is 16.7 Å². The number of carbonyl (C=O) groups is 2. The minimum Gasteiger partial charge on any atom is -0.299 e. The number of benzene rings is 1. The fraction of sp³-hybridized carbons (Fsp3) is 0.524. The Labute approximate surface area is 184 Å². The Bertz CT molecular complexity index is 972. The number of imide groups is 1. The molecule has 1 aromatic carbocycles. The largest absolute Gasteiger partial charge is 0.299 e. The molecule has 1 aromatic rings. The zero-order valence-corrected chi connectivity index (χ0v) is 18.9. The first-order chi connectivity index (χ1) is 14.4. The van der Waals surface area contributed by atoms with Crippen LogP contribution in [0, 0.1) is 23.7 Å². The van der Waals surface area contributed by atoms with Crippen LogP contribution < -0.4 is 0 Å². The van der Waals surface area contributed by atoms with E-state index in [-0.39, 0.29) is 35.5 Å². The maximum atomic E-state index is 12.8. The van der Waals surface area contributed by atoms with Crippen molar-refractivity contribution < 1.29 is 18.0 Å². The molecule has 2 aliphatic carbocycles. The molecule has 30 heavy (non-hydrogen) atoms. The van der Waals surface area contributed by atoms with Crippen LogP contribution in [0.5, 0.6) is 0 Å². The van der Waals surface area contributed by atoms with Crippen molar-refractivity contribution in [3.05, 3.63) is 40.9 Å². The lowest BCUT2D eigenvalue weighted by Crippen LogP contribution is -2.50. The topological polar surface area (TPSA) is 78.0 Å². The molecule has 3 fully saturated rings. The van der Waals surface area contributed by atoms with Gasteiger partial charge in [-0.15, -0.1) is 0 Å². The molecule has 0 spiro atoms. The molecule has 4 aliphatic rings. The number of carbonyl (C=O) groups excluding carboxylic acids is 2. The molecule has 2 amide bonds. The van der Waals surface area contributed by atoms with Crippen LogP contribution in [0.25, 0.3) is 0 Å². The number of fused-ring (bicyclic) bond motifs is 5. The number of hydrogen-bond donors (Lipinski definition) is 0. The molecule has 0 aromatic heterocycles. The fourth-order valence-electron chi connectivity index (χ4n) is 5.38. The lowest BCUT2D eigenvalue weighted by Gasteiger charge is -2.34. The second-order valence-electron chi connectivity index (χ2n) is 8.53. The lowest BCUT2D eigenvalue weighted by molar-refractivity contribution is -0.140. The van der Waals surface area contributed by atoms with Gasteiger partial charge in [0.1, 0.15) is 0 Å². The smallest absolute Gasteiger partial charge is 0.243 e. The third-order valence-electron chi connectivity index (χ3n) is 6.98. The van der Waals surface area contributed by atoms with E-state index in [1.165, 1.54) is 9.21 Å². The zero-order chi connectivity index (χ0) is 21.0. The van der Waals surface area contributed by atoms with Crippen LogP contribution in [0.1, 0.15) is 6.42 Å². The number of piperazine rings is 1. The minimum absolute atomic E-state index is 0.0155. The quantitative estimate of drug-likeness (QED) is 0.459. The van der Waals surface area contributed by atoms with Gasteiger partial charge in [-0.3, -0.25) is 19.4 Å². The van der Waals surface area contributed by atoms with E-state index in [9.17, 15) is 18.0 Å². The third-order valence-corrected chi connectivity index (χ3v) is 9.43.